The molecule has 0 saturated carbocycles. The molecule has 0 unspecified atom stereocenters. The highest BCUT2D eigenvalue weighted by Gasteiger charge is 2.12. The first-order valence-corrected chi connectivity index (χ1v) is 5.40. The van der Waals surface area contributed by atoms with Crippen molar-refractivity contribution in [1.29, 1.82) is 0 Å². The third-order valence-electron chi connectivity index (χ3n) is 2.70. The predicted octanol–water partition coefficient (Wildman–Crippen LogP) is 2.54. The lowest BCUT2D eigenvalue weighted by Gasteiger charge is -1.99. The average Bonchev–Trinajstić information content (AvgIpc) is 2.55. The van der Waals surface area contributed by atoms with Crippen molar-refractivity contribution in [3.63, 3.8) is 0 Å². The van der Waals surface area contributed by atoms with Gasteiger partial charge in [-0.2, -0.15) is 5.10 Å². The maximum atomic E-state index is 9.22. The monoisotopic (exact) mass is 236 g/mol. The van der Waals surface area contributed by atoms with Gasteiger partial charge >= 0.3 is 0 Å². The quantitative estimate of drug-likeness (QED) is 0.870. The standard InChI is InChI=1S/C12H13ClN2O/c1-8-11(7-16)15(2)14-12(8)9-3-5-10(13)6-4-9/h3-6,16H,7H2,1-2H3. The predicted molar refractivity (Wildman–Crippen MR) is 64.3 cm³/mol. The first-order chi connectivity index (χ1) is 7.63. The SMILES string of the molecule is Cc1c(-c2ccc(Cl)cc2)nn(C)c1CO. The highest BCUT2D eigenvalue weighted by molar-refractivity contribution is 6.30. The van der Waals surface area contributed by atoms with Crippen molar-refractivity contribution in [3.8, 4) is 11.3 Å². The molecule has 1 aromatic carbocycles. The summed E-state index contributed by atoms with van der Waals surface area (Å²) in [7, 11) is 1.83. The molecule has 1 heterocycles. The van der Waals surface area contributed by atoms with Crippen molar-refractivity contribution in [2.24, 2.45) is 7.05 Å². The molecule has 2 aromatic rings. The molecule has 4 heteroatoms. The van der Waals surface area contributed by atoms with Crippen molar-refractivity contribution in [2.45, 2.75) is 13.5 Å². The average molecular weight is 237 g/mol. The normalized spacial score (nSPS) is 10.8. The zero-order valence-corrected chi connectivity index (χ0v) is 9.99. The smallest absolute Gasteiger partial charge is 0.0956 e. The van der Waals surface area contributed by atoms with Gasteiger partial charge in [-0.3, -0.25) is 4.68 Å². The summed E-state index contributed by atoms with van der Waals surface area (Å²) in [5, 5.41) is 14.3. The second-order valence-electron chi connectivity index (χ2n) is 3.71. The number of halogens is 1. The molecule has 0 spiro atoms. The van der Waals surface area contributed by atoms with E-state index in [1.165, 1.54) is 0 Å². The van der Waals surface area contributed by atoms with E-state index in [1.807, 2.05) is 38.2 Å². The fraction of sp³-hybridized carbons (Fsp3) is 0.250. The van der Waals surface area contributed by atoms with Crippen LogP contribution < -0.4 is 0 Å². The van der Waals surface area contributed by atoms with Crippen LogP contribution in [-0.2, 0) is 13.7 Å². The van der Waals surface area contributed by atoms with E-state index in [4.69, 9.17) is 11.6 Å². The number of benzene rings is 1. The zero-order valence-electron chi connectivity index (χ0n) is 9.24. The number of aliphatic hydroxyl groups is 1. The fourth-order valence-corrected chi connectivity index (χ4v) is 1.89. The van der Waals surface area contributed by atoms with Crippen molar-refractivity contribution < 1.29 is 5.11 Å². The van der Waals surface area contributed by atoms with E-state index in [1.54, 1.807) is 4.68 Å². The van der Waals surface area contributed by atoms with Crippen molar-refractivity contribution >= 4 is 11.6 Å². The topological polar surface area (TPSA) is 38.0 Å². The molecule has 0 aliphatic carbocycles. The summed E-state index contributed by atoms with van der Waals surface area (Å²) in [5.41, 5.74) is 3.75. The van der Waals surface area contributed by atoms with E-state index in [9.17, 15) is 5.11 Å². The molecular formula is C12H13ClN2O. The largest absolute Gasteiger partial charge is 0.390 e. The molecule has 0 bridgehead atoms. The van der Waals surface area contributed by atoms with Gasteiger partial charge in [-0.1, -0.05) is 23.7 Å². The van der Waals surface area contributed by atoms with E-state index in [0.29, 0.717) is 5.02 Å². The third kappa shape index (κ3) is 1.84. The van der Waals surface area contributed by atoms with E-state index in [0.717, 1.165) is 22.5 Å². The molecule has 0 fully saturated rings. The number of aromatic nitrogens is 2. The van der Waals surface area contributed by atoms with Crippen molar-refractivity contribution in [2.75, 3.05) is 0 Å². The molecule has 16 heavy (non-hydrogen) atoms. The fourth-order valence-electron chi connectivity index (χ4n) is 1.77. The number of aliphatic hydroxyl groups excluding tert-OH is 1. The Hall–Kier alpha value is -1.32. The van der Waals surface area contributed by atoms with Crippen LogP contribution in [-0.4, -0.2) is 14.9 Å². The van der Waals surface area contributed by atoms with Gasteiger partial charge in [0.15, 0.2) is 0 Å². The number of rotatable bonds is 2. The lowest BCUT2D eigenvalue weighted by Crippen LogP contribution is -1.98. The van der Waals surface area contributed by atoms with Crippen LogP contribution in [0.2, 0.25) is 5.02 Å². The van der Waals surface area contributed by atoms with Gasteiger partial charge in [0.2, 0.25) is 0 Å². The Kier molecular flexibility index (Phi) is 2.99. The van der Waals surface area contributed by atoms with Crippen LogP contribution in [0, 0.1) is 6.92 Å². The van der Waals surface area contributed by atoms with Gasteiger partial charge in [-0.25, -0.2) is 0 Å². The minimum atomic E-state index is 0.00290. The molecule has 0 aliphatic rings. The number of hydrogen-bond donors (Lipinski definition) is 1. The Labute approximate surface area is 99.3 Å². The Bertz CT molecular complexity index is 502. The maximum Gasteiger partial charge on any atom is 0.0956 e. The van der Waals surface area contributed by atoms with Crippen molar-refractivity contribution in [1.82, 2.24) is 9.78 Å². The Balaban J connectivity index is 2.52. The summed E-state index contributed by atoms with van der Waals surface area (Å²) in [6.07, 6.45) is 0. The van der Waals surface area contributed by atoms with E-state index >= 15 is 0 Å². The molecule has 0 amide bonds. The van der Waals surface area contributed by atoms with E-state index < -0.39 is 0 Å². The van der Waals surface area contributed by atoms with Crippen LogP contribution in [0.25, 0.3) is 11.3 Å². The van der Waals surface area contributed by atoms with Gasteiger partial charge in [0.25, 0.3) is 0 Å². The van der Waals surface area contributed by atoms with Crippen LogP contribution >= 0.6 is 11.6 Å². The van der Waals surface area contributed by atoms with Crippen LogP contribution in [0.3, 0.4) is 0 Å². The van der Waals surface area contributed by atoms with Gasteiger partial charge in [0.05, 0.1) is 18.0 Å². The Morgan fingerprint density at radius 1 is 1.31 bits per heavy atom. The zero-order chi connectivity index (χ0) is 11.7. The summed E-state index contributed by atoms with van der Waals surface area (Å²) in [5.74, 6) is 0. The van der Waals surface area contributed by atoms with E-state index in [-0.39, 0.29) is 6.61 Å². The lowest BCUT2D eigenvalue weighted by molar-refractivity contribution is 0.270. The van der Waals surface area contributed by atoms with Gasteiger partial charge in [-0.15, -0.1) is 0 Å². The van der Waals surface area contributed by atoms with Gasteiger partial charge in [0.1, 0.15) is 0 Å². The van der Waals surface area contributed by atoms with Gasteiger partial charge < -0.3 is 5.11 Å². The minimum Gasteiger partial charge on any atom is -0.390 e. The van der Waals surface area contributed by atoms with Crippen LogP contribution in [0.5, 0.6) is 0 Å². The number of aryl methyl sites for hydroxylation is 1. The first kappa shape index (κ1) is 11.2. The molecule has 0 aliphatic heterocycles. The maximum absolute atomic E-state index is 9.22. The number of hydrogen-bond acceptors (Lipinski definition) is 2. The molecule has 0 saturated heterocycles. The molecule has 3 nitrogen and oxygen atoms in total. The summed E-state index contributed by atoms with van der Waals surface area (Å²) in [4.78, 5) is 0. The van der Waals surface area contributed by atoms with Crippen molar-refractivity contribution in [3.05, 3.63) is 40.5 Å². The summed E-state index contributed by atoms with van der Waals surface area (Å²) < 4.78 is 1.71. The molecule has 2 rings (SSSR count). The van der Waals surface area contributed by atoms with E-state index in [2.05, 4.69) is 5.10 Å². The van der Waals surface area contributed by atoms with Crippen LogP contribution in [0.4, 0.5) is 0 Å². The van der Waals surface area contributed by atoms with Crippen LogP contribution in [0.1, 0.15) is 11.3 Å². The lowest BCUT2D eigenvalue weighted by atomic mass is 10.1. The molecule has 1 N–H and O–H groups in total. The first-order valence-electron chi connectivity index (χ1n) is 5.02. The molecule has 84 valence electrons. The highest BCUT2D eigenvalue weighted by atomic mass is 35.5. The molecular weight excluding hydrogens is 224 g/mol. The second-order valence-corrected chi connectivity index (χ2v) is 4.15. The molecule has 0 radical (unpaired) electrons. The van der Waals surface area contributed by atoms with Gasteiger partial charge in [0, 0.05) is 23.2 Å². The minimum absolute atomic E-state index is 0.00290. The van der Waals surface area contributed by atoms with Crippen LogP contribution in [0.15, 0.2) is 24.3 Å². The summed E-state index contributed by atoms with van der Waals surface area (Å²) in [6.45, 7) is 1.96. The van der Waals surface area contributed by atoms with Gasteiger partial charge in [-0.05, 0) is 19.1 Å². The molecule has 1 aromatic heterocycles. The Morgan fingerprint density at radius 2 is 1.94 bits per heavy atom. The third-order valence-corrected chi connectivity index (χ3v) is 2.95. The highest BCUT2D eigenvalue weighted by Crippen LogP contribution is 2.25. The number of nitrogens with zero attached hydrogens (tertiary/aromatic N) is 2. The Morgan fingerprint density at radius 3 is 2.44 bits per heavy atom. The summed E-state index contributed by atoms with van der Waals surface area (Å²) in [6, 6.07) is 7.53. The second kappa shape index (κ2) is 4.28. The molecule has 0 atom stereocenters. The summed E-state index contributed by atoms with van der Waals surface area (Å²) >= 11 is 5.84.